The zero-order valence-corrected chi connectivity index (χ0v) is 19.4. The van der Waals surface area contributed by atoms with Crippen molar-refractivity contribution in [2.75, 3.05) is 4.90 Å². The summed E-state index contributed by atoms with van der Waals surface area (Å²) in [5.41, 5.74) is 6.16. The highest BCUT2D eigenvalue weighted by atomic mass is 32.1. The predicted molar refractivity (Wildman–Crippen MR) is 126 cm³/mol. The normalized spacial score (nSPS) is 16.1. The van der Waals surface area contributed by atoms with E-state index < -0.39 is 6.04 Å². The van der Waals surface area contributed by atoms with Crippen molar-refractivity contribution in [3.05, 3.63) is 85.7 Å². The van der Waals surface area contributed by atoms with E-state index >= 15 is 0 Å². The van der Waals surface area contributed by atoms with Gasteiger partial charge in [-0.15, -0.1) is 10.2 Å². The van der Waals surface area contributed by atoms with Crippen LogP contribution in [0, 0.1) is 13.8 Å². The highest BCUT2D eigenvalue weighted by Crippen LogP contribution is 2.42. The van der Waals surface area contributed by atoms with E-state index in [9.17, 15) is 9.59 Å². The van der Waals surface area contributed by atoms with Gasteiger partial charge in [0.2, 0.25) is 10.9 Å². The third-order valence-corrected chi connectivity index (χ3v) is 6.82. The molecule has 1 amide bonds. The summed E-state index contributed by atoms with van der Waals surface area (Å²) in [6.07, 6.45) is 0. The van der Waals surface area contributed by atoms with Crippen LogP contribution in [0.4, 0.5) is 5.13 Å². The maximum atomic E-state index is 13.7. The third-order valence-electron chi connectivity index (χ3n) is 6.13. The van der Waals surface area contributed by atoms with Crippen molar-refractivity contribution in [1.82, 2.24) is 10.2 Å². The molecule has 0 saturated carbocycles. The van der Waals surface area contributed by atoms with E-state index in [2.05, 4.69) is 31.0 Å². The van der Waals surface area contributed by atoms with Gasteiger partial charge in [-0.2, -0.15) is 0 Å². The maximum Gasteiger partial charge on any atom is 0.297 e. The van der Waals surface area contributed by atoms with Crippen LogP contribution in [0.25, 0.3) is 11.0 Å². The van der Waals surface area contributed by atoms with Gasteiger partial charge in [0, 0.05) is 0 Å². The van der Waals surface area contributed by atoms with Crippen molar-refractivity contribution in [2.45, 2.75) is 46.1 Å². The highest BCUT2D eigenvalue weighted by molar-refractivity contribution is 7.13. The van der Waals surface area contributed by atoms with Crippen molar-refractivity contribution < 1.29 is 9.21 Å². The second-order valence-electron chi connectivity index (χ2n) is 9.28. The molecule has 3 heterocycles. The maximum absolute atomic E-state index is 13.7. The van der Waals surface area contributed by atoms with E-state index in [0.29, 0.717) is 21.7 Å². The number of hydrogen-bond donors (Lipinski definition) is 0. The summed E-state index contributed by atoms with van der Waals surface area (Å²) in [6, 6.07) is 11.1. The van der Waals surface area contributed by atoms with Crippen LogP contribution in [0.5, 0.6) is 0 Å². The van der Waals surface area contributed by atoms with Gasteiger partial charge in [-0.1, -0.05) is 56.4 Å². The van der Waals surface area contributed by atoms with Gasteiger partial charge in [0.25, 0.3) is 5.91 Å². The Kier molecular flexibility index (Phi) is 4.57. The minimum atomic E-state index is -0.623. The monoisotopic (exact) mass is 445 g/mol. The lowest BCUT2D eigenvalue weighted by Crippen LogP contribution is -2.29. The zero-order chi connectivity index (χ0) is 22.8. The van der Waals surface area contributed by atoms with E-state index in [1.165, 1.54) is 21.8 Å². The average Bonchev–Trinajstić information content (AvgIpc) is 3.36. The molecule has 2 aromatic heterocycles. The molecule has 0 bridgehead atoms. The van der Waals surface area contributed by atoms with Crippen LogP contribution in [0.3, 0.4) is 0 Å². The summed E-state index contributed by atoms with van der Waals surface area (Å²) >= 11 is 1.25. The number of benzene rings is 2. The van der Waals surface area contributed by atoms with Gasteiger partial charge in [-0.3, -0.25) is 14.5 Å². The van der Waals surface area contributed by atoms with E-state index in [4.69, 9.17) is 4.42 Å². The lowest BCUT2D eigenvalue weighted by atomic mass is 9.86. The molecule has 0 N–H and O–H groups in total. The van der Waals surface area contributed by atoms with Crippen LogP contribution < -0.4 is 10.3 Å². The summed E-state index contributed by atoms with van der Waals surface area (Å²) < 4.78 is 6.06. The lowest BCUT2D eigenvalue weighted by molar-refractivity contribution is 0.0970. The fourth-order valence-electron chi connectivity index (χ4n) is 4.18. The molecule has 7 heteroatoms. The number of carbonyl (C=O) groups excluding carboxylic acids is 1. The summed E-state index contributed by atoms with van der Waals surface area (Å²) in [7, 11) is 0. The van der Waals surface area contributed by atoms with Crippen molar-refractivity contribution in [2.24, 2.45) is 0 Å². The van der Waals surface area contributed by atoms with Crippen LogP contribution in [-0.2, 0) is 5.41 Å². The molecular formula is C25H23N3O3S. The van der Waals surface area contributed by atoms with Crippen LogP contribution >= 0.6 is 11.3 Å². The molecule has 0 fully saturated rings. The Balaban J connectivity index is 1.78. The molecule has 1 unspecified atom stereocenters. The molecule has 1 atom stereocenters. The number of fused-ring (bicyclic) bond motifs is 2. The first-order chi connectivity index (χ1) is 15.2. The fraction of sp³-hybridized carbons (Fsp3) is 0.280. The van der Waals surface area contributed by atoms with Gasteiger partial charge in [-0.05, 0) is 53.6 Å². The van der Waals surface area contributed by atoms with Gasteiger partial charge in [0.1, 0.15) is 11.1 Å². The molecule has 162 valence electrons. The summed E-state index contributed by atoms with van der Waals surface area (Å²) in [6.45, 7) is 10.4. The molecule has 5 rings (SSSR count). The smallest absolute Gasteiger partial charge is 0.297 e. The second-order valence-corrected chi connectivity index (χ2v) is 10.1. The number of rotatable bonds is 2. The van der Waals surface area contributed by atoms with Gasteiger partial charge < -0.3 is 4.42 Å². The zero-order valence-electron chi connectivity index (χ0n) is 18.6. The van der Waals surface area contributed by atoms with Crippen molar-refractivity contribution >= 4 is 33.3 Å². The SMILES string of the molecule is Cc1cc2oc3c(c(=O)c2cc1C)C(c1ccc(C(C)(C)C)cc1)N(c1nncs1)C3=O. The number of carbonyl (C=O) groups is 1. The first kappa shape index (κ1) is 20.6. The van der Waals surface area contributed by atoms with E-state index in [1.807, 2.05) is 50.2 Å². The summed E-state index contributed by atoms with van der Waals surface area (Å²) in [5.74, 6) is -0.301. The third kappa shape index (κ3) is 3.07. The number of hydrogen-bond acceptors (Lipinski definition) is 6. The Morgan fingerprint density at radius 2 is 1.72 bits per heavy atom. The molecular weight excluding hydrogens is 422 g/mol. The Bertz CT molecular complexity index is 1410. The molecule has 2 aromatic carbocycles. The topological polar surface area (TPSA) is 76.3 Å². The number of aryl methyl sites for hydroxylation is 2. The van der Waals surface area contributed by atoms with E-state index in [0.717, 1.165) is 16.7 Å². The summed E-state index contributed by atoms with van der Waals surface area (Å²) in [5, 5.41) is 8.94. The minimum absolute atomic E-state index is 0.00847. The molecule has 0 saturated heterocycles. The second kappa shape index (κ2) is 7.10. The molecule has 1 aliphatic heterocycles. The molecule has 6 nitrogen and oxygen atoms in total. The van der Waals surface area contributed by atoms with E-state index in [1.54, 1.807) is 5.51 Å². The highest BCUT2D eigenvalue weighted by Gasteiger charge is 2.45. The number of anilines is 1. The Morgan fingerprint density at radius 1 is 1.03 bits per heavy atom. The number of nitrogens with zero attached hydrogens (tertiary/aromatic N) is 3. The summed E-state index contributed by atoms with van der Waals surface area (Å²) in [4.78, 5) is 28.7. The largest absolute Gasteiger partial charge is 0.450 e. The molecule has 0 aliphatic carbocycles. The molecule has 32 heavy (non-hydrogen) atoms. The van der Waals surface area contributed by atoms with Gasteiger partial charge in [0.05, 0.1) is 17.0 Å². The van der Waals surface area contributed by atoms with Crippen molar-refractivity contribution in [1.29, 1.82) is 0 Å². The molecule has 1 aliphatic rings. The van der Waals surface area contributed by atoms with Crippen molar-refractivity contribution in [3.63, 3.8) is 0 Å². The Hall–Kier alpha value is -3.32. The van der Waals surface area contributed by atoms with Gasteiger partial charge >= 0.3 is 0 Å². The van der Waals surface area contributed by atoms with Gasteiger partial charge in [0.15, 0.2) is 5.43 Å². The Labute approximate surface area is 189 Å². The van der Waals surface area contributed by atoms with Crippen LogP contribution in [0.2, 0.25) is 0 Å². The Morgan fingerprint density at radius 3 is 2.34 bits per heavy atom. The van der Waals surface area contributed by atoms with E-state index in [-0.39, 0.29) is 22.5 Å². The lowest BCUT2D eigenvalue weighted by Gasteiger charge is -2.24. The molecule has 0 radical (unpaired) electrons. The average molecular weight is 446 g/mol. The number of amides is 1. The minimum Gasteiger partial charge on any atom is -0.450 e. The van der Waals surface area contributed by atoms with Crippen LogP contribution in [-0.4, -0.2) is 16.1 Å². The molecule has 0 spiro atoms. The first-order valence-corrected chi connectivity index (χ1v) is 11.3. The van der Waals surface area contributed by atoms with Crippen LogP contribution in [0.1, 0.15) is 65.2 Å². The fourth-order valence-corrected chi connectivity index (χ4v) is 4.76. The predicted octanol–water partition coefficient (Wildman–Crippen LogP) is 5.31. The van der Waals surface area contributed by atoms with Crippen LogP contribution in [0.15, 0.2) is 51.1 Å². The quantitative estimate of drug-likeness (QED) is 0.418. The first-order valence-electron chi connectivity index (χ1n) is 10.4. The van der Waals surface area contributed by atoms with Crippen molar-refractivity contribution in [3.8, 4) is 0 Å². The van der Waals surface area contributed by atoms with Gasteiger partial charge in [-0.25, -0.2) is 0 Å². The standard InChI is InChI=1S/C25H23N3O3S/c1-13-10-17-18(11-14(13)2)31-22-19(21(17)29)20(28(23(22)30)24-27-26-12-32-24)15-6-8-16(9-7-15)25(3,4)5/h6-12,20H,1-5H3. The number of aromatic nitrogens is 2. The molecule has 4 aromatic rings.